The molecule has 1 N–H and O–H groups in total. The van der Waals surface area contributed by atoms with E-state index in [0.717, 1.165) is 3.57 Å². The molecule has 0 saturated carbocycles. The maximum atomic E-state index is 11.2. The smallest absolute Gasteiger partial charge is 0.356 e. The first-order valence-corrected chi connectivity index (χ1v) is 5.24. The molecular weight excluding hydrogens is 293 g/mol. The highest BCUT2D eigenvalue weighted by Crippen LogP contribution is 2.07. The number of carbonyl (C=O) groups is 1. The highest BCUT2D eigenvalue weighted by Gasteiger charge is 2.11. The van der Waals surface area contributed by atoms with Crippen molar-refractivity contribution in [1.82, 2.24) is 0 Å². The number of rotatable bonds is 3. The van der Waals surface area contributed by atoms with Crippen LogP contribution in [0.2, 0.25) is 0 Å². The summed E-state index contributed by atoms with van der Waals surface area (Å²) in [6.07, 6.45) is 0. The Morgan fingerprint density at radius 3 is 2.50 bits per heavy atom. The van der Waals surface area contributed by atoms with Crippen LogP contribution in [-0.2, 0) is 9.53 Å². The molecule has 0 atom stereocenters. The Labute approximate surface area is 96.1 Å². The van der Waals surface area contributed by atoms with Crippen molar-refractivity contribution in [3.63, 3.8) is 0 Å². The highest BCUT2D eigenvalue weighted by atomic mass is 127. The minimum Gasteiger partial charge on any atom is -0.461 e. The van der Waals surface area contributed by atoms with Crippen molar-refractivity contribution >= 4 is 34.3 Å². The Balaban J connectivity index is 2.79. The Bertz CT molecular complexity index is 346. The van der Waals surface area contributed by atoms with E-state index in [4.69, 9.17) is 10.1 Å². The van der Waals surface area contributed by atoms with E-state index in [1.165, 1.54) is 0 Å². The maximum absolute atomic E-state index is 11.2. The third-order valence-corrected chi connectivity index (χ3v) is 2.33. The van der Waals surface area contributed by atoms with Crippen molar-refractivity contribution < 1.29 is 9.53 Å². The quantitative estimate of drug-likeness (QED) is 0.529. The molecule has 0 amide bonds. The molecule has 0 aliphatic rings. The van der Waals surface area contributed by atoms with Gasteiger partial charge in [0, 0.05) is 9.13 Å². The first kappa shape index (κ1) is 11.2. The molecule has 0 unspecified atom stereocenters. The Morgan fingerprint density at radius 2 is 2.00 bits per heavy atom. The van der Waals surface area contributed by atoms with Crippen molar-refractivity contribution in [3.8, 4) is 0 Å². The predicted molar refractivity (Wildman–Crippen MR) is 62.6 cm³/mol. The topological polar surface area (TPSA) is 50.2 Å². The van der Waals surface area contributed by atoms with Gasteiger partial charge in [0.2, 0.25) is 0 Å². The molecule has 14 heavy (non-hydrogen) atoms. The standard InChI is InChI=1S/C10H10INO2/c1-2-14-10(13)9(12)7-3-5-8(11)6-4-7/h3-6,12H,2H2,1H3. The van der Waals surface area contributed by atoms with Gasteiger partial charge < -0.3 is 4.74 Å². The van der Waals surface area contributed by atoms with Gasteiger partial charge in [-0.25, -0.2) is 4.79 Å². The van der Waals surface area contributed by atoms with Crippen molar-refractivity contribution in [2.75, 3.05) is 6.61 Å². The van der Waals surface area contributed by atoms with Gasteiger partial charge in [0.25, 0.3) is 0 Å². The minimum absolute atomic E-state index is 0.0942. The van der Waals surface area contributed by atoms with Crippen LogP contribution in [0.1, 0.15) is 12.5 Å². The second-order valence-corrected chi connectivity index (χ2v) is 3.85. The third-order valence-electron chi connectivity index (χ3n) is 1.61. The number of halogens is 1. The summed E-state index contributed by atoms with van der Waals surface area (Å²) < 4.78 is 5.80. The van der Waals surface area contributed by atoms with Crippen LogP contribution in [0, 0.1) is 8.98 Å². The second kappa shape index (κ2) is 5.09. The average Bonchev–Trinajstić information content (AvgIpc) is 2.18. The summed E-state index contributed by atoms with van der Waals surface area (Å²) in [4.78, 5) is 11.2. The largest absolute Gasteiger partial charge is 0.461 e. The Kier molecular flexibility index (Phi) is 4.06. The molecule has 0 radical (unpaired) electrons. The molecule has 1 aromatic rings. The van der Waals surface area contributed by atoms with E-state index < -0.39 is 5.97 Å². The van der Waals surface area contributed by atoms with Gasteiger partial charge in [-0.05, 0) is 41.6 Å². The number of ether oxygens (including phenoxy) is 1. The van der Waals surface area contributed by atoms with Gasteiger partial charge in [-0.3, -0.25) is 5.41 Å². The zero-order valence-corrected chi connectivity index (χ0v) is 9.87. The van der Waals surface area contributed by atoms with E-state index in [0.29, 0.717) is 12.2 Å². The SMILES string of the molecule is CCOC(=O)C(=N)c1ccc(I)cc1. The number of benzene rings is 1. The molecule has 0 aliphatic heterocycles. The van der Waals surface area contributed by atoms with Crippen LogP contribution in [0.5, 0.6) is 0 Å². The van der Waals surface area contributed by atoms with E-state index in [1.54, 1.807) is 19.1 Å². The van der Waals surface area contributed by atoms with Crippen LogP contribution in [0.25, 0.3) is 0 Å². The molecule has 0 heterocycles. The molecule has 0 spiro atoms. The van der Waals surface area contributed by atoms with E-state index >= 15 is 0 Å². The van der Waals surface area contributed by atoms with Gasteiger partial charge in [-0.15, -0.1) is 0 Å². The van der Waals surface area contributed by atoms with E-state index in [-0.39, 0.29) is 5.71 Å². The van der Waals surface area contributed by atoms with Crippen LogP contribution < -0.4 is 0 Å². The maximum Gasteiger partial charge on any atom is 0.356 e. The lowest BCUT2D eigenvalue weighted by atomic mass is 10.1. The molecule has 3 nitrogen and oxygen atoms in total. The normalized spacial score (nSPS) is 9.57. The lowest BCUT2D eigenvalue weighted by Gasteiger charge is -2.03. The number of esters is 1. The number of carbonyl (C=O) groups excluding carboxylic acids is 1. The van der Waals surface area contributed by atoms with Gasteiger partial charge in [0.15, 0.2) is 0 Å². The molecular formula is C10H10INO2. The van der Waals surface area contributed by atoms with Crippen LogP contribution in [0.4, 0.5) is 0 Å². The number of nitrogens with one attached hydrogen (secondary N) is 1. The summed E-state index contributed by atoms with van der Waals surface area (Å²) in [5.74, 6) is -0.575. The van der Waals surface area contributed by atoms with E-state index in [2.05, 4.69) is 22.6 Å². The number of hydrogen-bond acceptors (Lipinski definition) is 3. The zero-order valence-electron chi connectivity index (χ0n) is 7.71. The Morgan fingerprint density at radius 1 is 1.43 bits per heavy atom. The molecule has 0 fully saturated rings. The first-order valence-electron chi connectivity index (χ1n) is 4.16. The fourth-order valence-electron chi connectivity index (χ4n) is 0.938. The number of hydrogen-bond donors (Lipinski definition) is 1. The van der Waals surface area contributed by atoms with Crippen molar-refractivity contribution in [2.24, 2.45) is 0 Å². The second-order valence-electron chi connectivity index (χ2n) is 2.60. The lowest BCUT2D eigenvalue weighted by molar-refractivity contribution is -0.135. The fourth-order valence-corrected chi connectivity index (χ4v) is 1.30. The van der Waals surface area contributed by atoms with E-state index in [9.17, 15) is 4.79 Å². The summed E-state index contributed by atoms with van der Waals surface area (Å²) >= 11 is 2.17. The summed E-state index contributed by atoms with van der Waals surface area (Å²) in [5, 5.41) is 7.53. The molecule has 4 heteroatoms. The Hall–Kier alpha value is -0.910. The van der Waals surface area contributed by atoms with Gasteiger partial charge in [-0.2, -0.15) is 0 Å². The molecule has 0 bridgehead atoms. The van der Waals surface area contributed by atoms with Gasteiger partial charge >= 0.3 is 5.97 Å². The van der Waals surface area contributed by atoms with Crippen LogP contribution in [0.15, 0.2) is 24.3 Å². The van der Waals surface area contributed by atoms with Crippen molar-refractivity contribution in [1.29, 1.82) is 5.41 Å². The highest BCUT2D eigenvalue weighted by molar-refractivity contribution is 14.1. The summed E-state index contributed by atoms with van der Waals surface area (Å²) in [5.41, 5.74) is 0.493. The molecule has 0 saturated heterocycles. The summed E-state index contributed by atoms with van der Waals surface area (Å²) in [6, 6.07) is 7.18. The zero-order chi connectivity index (χ0) is 10.6. The van der Waals surface area contributed by atoms with Gasteiger partial charge in [0.05, 0.1) is 6.61 Å². The molecule has 1 rings (SSSR count). The summed E-state index contributed by atoms with van der Waals surface area (Å²) in [6.45, 7) is 2.02. The predicted octanol–water partition coefficient (Wildman–Crippen LogP) is 2.22. The molecule has 0 aliphatic carbocycles. The molecule has 74 valence electrons. The van der Waals surface area contributed by atoms with Crippen molar-refractivity contribution in [2.45, 2.75) is 6.92 Å². The summed E-state index contributed by atoms with van der Waals surface area (Å²) in [7, 11) is 0. The lowest BCUT2D eigenvalue weighted by Crippen LogP contribution is -2.17. The van der Waals surface area contributed by atoms with Gasteiger partial charge in [0.1, 0.15) is 5.71 Å². The van der Waals surface area contributed by atoms with Crippen LogP contribution in [0.3, 0.4) is 0 Å². The average molecular weight is 303 g/mol. The van der Waals surface area contributed by atoms with E-state index in [1.807, 2.05) is 12.1 Å². The van der Waals surface area contributed by atoms with Crippen LogP contribution in [-0.4, -0.2) is 18.3 Å². The van der Waals surface area contributed by atoms with Crippen LogP contribution >= 0.6 is 22.6 Å². The van der Waals surface area contributed by atoms with Crippen molar-refractivity contribution in [3.05, 3.63) is 33.4 Å². The third kappa shape index (κ3) is 2.80. The molecule has 0 aromatic heterocycles. The monoisotopic (exact) mass is 303 g/mol. The van der Waals surface area contributed by atoms with Gasteiger partial charge in [-0.1, -0.05) is 12.1 Å². The fraction of sp³-hybridized carbons (Fsp3) is 0.200. The molecule has 1 aromatic carbocycles. The minimum atomic E-state index is -0.575. The first-order chi connectivity index (χ1) is 6.65.